The lowest BCUT2D eigenvalue weighted by atomic mass is 10.1. The number of methoxy groups -OCH3 is 1. The molecular weight excluding hydrogens is 316 g/mol. The van der Waals surface area contributed by atoms with Gasteiger partial charge in [-0.05, 0) is 32.3 Å². The summed E-state index contributed by atoms with van der Waals surface area (Å²) in [6, 6.07) is 1.58. The topological polar surface area (TPSA) is 82.3 Å². The van der Waals surface area contributed by atoms with Gasteiger partial charge in [-0.3, -0.25) is 0 Å². The Labute approximate surface area is 135 Å². The zero-order chi connectivity index (χ0) is 16.6. The third-order valence-electron chi connectivity index (χ3n) is 4.09. The van der Waals surface area contributed by atoms with Gasteiger partial charge in [0.15, 0.2) is 9.84 Å². The molecule has 2 heterocycles. The van der Waals surface area contributed by atoms with Crippen molar-refractivity contribution in [2.45, 2.75) is 49.7 Å². The predicted molar refractivity (Wildman–Crippen MR) is 84.3 cm³/mol. The second-order valence-electron chi connectivity index (χ2n) is 5.86. The van der Waals surface area contributed by atoms with E-state index in [1.54, 1.807) is 13.0 Å². The van der Waals surface area contributed by atoms with Crippen LogP contribution in [0.1, 0.15) is 48.3 Å². The number of rotatable bonds is 6. The number of hydrogen-bond acceptors (Lipinski definition) is 6. The van der Waals surface area contributed by atoms with E-state index in [-0.39, 0.29) is 10.6 Å². The smallest absolute Gasteiger partial charge is 0.215 e. The summed E-state index contributed by atoms with van der Waals surface area (Å²) in [7, 11) is -2.02. The second-order valence-corrected chi connectivity index (χ2v) is 7.85. The summed E-state index contributed by atoms with van der Waals surface area (Å²) < 4.78 is 35.8. The van der Waals surface area contributed by atoms with E-state index in [1.165, 1.54) is 13.3 Å². The van der Waals surface area contributed by atoms with E-state index in [4.69, 9.17) is 9.26 Å². The highest BCUT2D eigenvalue weighted by atomic mass is 32.2. The van der Waals surface area contributed by atoms with Crippen molar-refractivity contribution >= 4 is 9.84 Å². The molecule has 1 aliphatic carbocycles. The zero-order valence-corrected chi connectivity index (χ0v) is 14.3. The minimum Gasteiger partial charge on any atom is -0.481 e. The first kappa shape index (κ1) is 16.0. The van der Waals surface area contributed by atoms with E-state index >= 15 is 0 Å². The Morgan fingerprint density at radius 1 is 1.39 bits per heavy atom. The molecule has 0 bridgehead atoms. The number of aromatic nitrogens is 2. The maximum absolute atomic E-state index is 12.7. The van der Waals surface area contributed by atoms with E-state index in [1.807, 2.05) is 6.92 Å². The molecule has 0 atom stereocenters. The van der Waals surface area contributed by atoms with Gasteiger partial charge in [0.05, 0.1) is 12.0 Å². The molecule has 0 amide bonds. The van der Waals surface area contributed by atoms with Crippen molar-refractivity contribution in [3.63, 3.8) is 0 Å². The van der Waals surface area contributed by atoms with Gasteiger partial charge in [0.1, 0.15) is 17.2 Å². The van der Waals surface area contributed by atoms with Crippen molar-refractivity contribution in [3.05, 3.63) is 34.8 Å². The second kappa shape index (κ2) is 5.96. The van der Waals surface area contributed by atoms with Gasteiger partial charge in [0.25, 0.3) is 0 Å². The summed E-state index contributed by atoms with van der Waals surface area (Å²) in [6.07, 6.45) is 4.24. The largest absolute Gasteiger partial charge is 0.481 e. The third kappa shape index (κ3) is 3.10. The predicted octanol–water partition coefficient (Wildman–Crippen LogP) is 2.80. The molecule has 0 aliphatic heterocycles. The van der Waals surface area contributed by atoms with Crippen molar-refractivity contribution in [1.29, 1.82) is 0 Å². The maximum atomic E-state index is 12.7. The Kier molecular flexibility index (Phi) is 4.14. The van der Waals surface area contributed by atoms with Crippen LogP contribution in [0.4, 0.5) is 0 Å². The minimum atomic E-state index is -3.53. The van der Waals surface area contributed by atoms with Crippen LogP contribution in [-0.4, -0.2) is 25.7 Å². The lowest BCUT2D eigenvalue weighted by Crippen LogP contribution is -2.08. The zero-order valence-electron chi connectivity index (χ0n) is 13.5. The first-order valence-corrected chi connectivity index (χ1v) is 9.32. The number of sulfone groups is 1. The van der Waals surface area contributed by atoms with Crippen molar-refractivity contribution in [2.75, 3.05) is 7.11 Å². The first-order chi connectivity index (χ1) is 11.0. The molecule has 6 nitrogen and oxygen atoms in total. The van der Waals surface area contributed by atoms with Crippen molar-refractivity contribution in [3.8, 4) is 5.88 Å². The van der Waals surface area contributed by atoms with E-state index in [2.05, 4.69) is 10.1 Å². The summed E-state index contributed by atoms with van der Waals surface area (Å²) >= 11 is 0. The third-order valence-corrected chi connectivity index (χ3v) is 5.68. The quantitative estimate of drug-likeness (QED) is 0.807. The average Bonchev–Trinajstić information content (AvgIpc) is 3.28. The summed E-state index contributed by atoms with van der Waals surface area (Å²) in [5.74, 6) is 1.54. The molecule has 124 valence electrons. The highest BCUT2D eigenvalue weighted by Crippen LogP contribution is 2.42. The van der Waals surface area contributed by atoms with E-state index in [9.17, 15) is 8.42 Å². The molecule has 0 N–H and O–H groups in total. The standard InChI is InChI=1S/C16H20N2O4S/c1-4-13-14(18-22-15(13)11-5-6-11)9-23(19,20)12-7-10(2)16(21-3)17-8-12/h7-8,11H,4-6,9H2,1-3H3. The summed E-state index contributed by atoms with van der Waals surface area (Å²) in [5.41, 5.74) is 2.14. The summed E-state index contributed by atoms with van der Waals surface area (Å²) in [6.45, 7) is 3.76. The lowest BCUT2D eigenvalue weighted by molar-refractivity contribution is 0.378. The SMILES string of the molecule is CCc1c(CS(=O)(=O)c2cnc(OC)c(C)c2)noc1C1CC1. The monoisotopic (exact) mass is 336 g/mol. The van der Waals surface area contributed by atoms with E-state index in [0.29, 0.717) is 23.1 Å². The van der Waals surface area contributed by atoms with Crippen LogP contribution in [0.2, 0.25) is 0 Å². The van der Waals surface area contributed by atoms with Gasteiger partial charge >= 0.3 is 0 Å². The van der Waals surface area contributed by atoms with Gasteiger partial charge < -0.3 is 9.26 Å². The van der Waals surface area contributed by atoms with Crippen LogP contribution >= 0.6 is 0 Å². The fourth-order valence-electron chi connectivity index (χ4n) is 2.70. The molecule has 3 rings (SSSR count). The molecule has 0 saturated heterocycles. The average molecular weight is 336 g/mol. The molecule has 1 saturated carbocycles. The van der Waals surface area contributed by atoms with Gasteiger partial charge in [0, 0.05) is 23.2 Å². The van der Waals surface area contributed by atoms with E-state index in [0.717, 1.165) is 30.6 Å². The maximum Gasteiger partial charge on any atom is 0.215 e. The highest BCUT2D eigenvalue weighted by molar-refractivity contribution is 7.90. The van der Waals surface area contributed by atoms with Crippen molar-refractivity contribution in [2.24, 2.45) is 0 Å². The number of pyridine rings is 1. The highest BCUT2D eigenvalue weighted by Gasteiger charge is 2.32. The van der Waals surface area contributed by atoms with Gasteiger partial charge in [-0.25, -0.2) is 13.4 Å². The van der Waals surface area contributed by atoms with Gasteiger partial charge in [0.2, 0.25) is 5.88 Å². The molecule has 0 aromatic carbocycles. The van der Waals surface area contributed by atoms with Gasteiger partial charge in [-0.15, -0.1) is 0 Å². The molecule has 7 heteroatoms. The van der Waals surface area contributed by atoms with Crippen molar-refractivity contribution in [1.82, 2.24) is 10.1 Å². The number of ether oxygens (including phenoxy) is 1. The minimum absolute atomic E-state index is 0.167. The molecule has 23 heavy (non-hydrogen) atoms. The number of nitrogens with zero attached hydrogens (tertiary/aromatic N) is 2. The van der Waals surface area contributed by atoms with Gasteiger partial charge in [-0.2, -0.15) is 0 Å². The molecule has 2 aromatic rings. The molecule has 2 aromatic heterocycles. The Balaban J connectivity index is 1.91. The Hall–Kier alpha value is -1.89. The molecule has 1 fully saturated rings. The number of hydrogen-bond donors (Lipinski definition) is 0. The normalized spacial score (nSPS) is 14.9. The van der Waals surface area contributed by atoms with Crippen molar-refractivity contribution < 1.29 is 17.7 Å². The van der Waals surface area contributed by atoms with Gasteiger partial charge in [-0.1, -0.05) is 12.1 Å². The molecule has 1 aliphatic rings. The first-order valence-electron chi connectivity index (χ1n) is 7.67. The van der Waals surface area contributed by atoms with Crippen LogP contribution < -0.4 is 4.74 Å². The van der Waals surface area contributed by atoms with Crippen LogP contribution in [0.5, 0.6) is 5.88 Å². The number of aryl methyl sites for hydroxylation is 1. The lowest BCUT2D eigenvalue weighted by Gasteiger charge is -2.07. The summed E-state index contributed by atoms with van der Waals surface area (Å²) in [5, 5.41) is 4.02. The Morgan fingerprint density at radius 2 is 2.13 bits per heavy atom. The Bertz CT molecular complexity index is 823. The van der Waals surface area contributed by atoms with Crippen LogP contribution in [-0.2, 0) is 22.0 Å². The molecular formula is C16H20N2O4S. The fourth-order valence-corrected chi connectivity index (χ4v) is 4.02. The summed E-state index contributed by atoms with van der Waals surface area (Å²) in [4.78, 5) is 4.22. The van der Waals surface area contributed by atoms with Crippen LogP contribution in [0.3, 0.4) is 0 Å². The molecule has 0 unspecified atom stereocenters. The van der Waals surface area contributed by atoms with Crippen LogP contribution in [0.25, 0.3) is 0 Å². The molecule has 0 radical (unpaired) electrons. The fraction of sp³-hybridized carbons (Fsp3) is 0.500. The van der Waals surface area contributed by atoms with E-state index < -0.39 is 9.84 Å². The Morgan fingerprint density at radius 3 is 2.70 bits per heavy atom. The van der Waals surface area contributed by atoms with Crippen LogP contribution in [0, 0.1) is 6.92 Å². The molecule has 0 spiro atoms. The van der Waals surface area contributed by atoms with Crippen LogP contribution in [0.15, 0.2) is 21.7 Å².